The van der Waals surface area contributed by atoms with Crippen molar-refractivity contribution in [1.82, 2.24) is 19.8 Å². The molecular weight excluding hydrogens is 428 g/mol. The first-order valence-corrected chi connectivity index (χ1v) is 10.3. The van der Waals surface area contributed by atoms with Crippen molar-refractivity contribution in [3.8, 4) is 6.07 Å². The number of para-hydroxylation sites is 1. The molecule has 33 heavy (non-hydrogen) atoms. The maximum absolute atomic E-state index is 13.6. The van der Waals surface area contributed by atoms with Crippen molar-refractivity contribution in [2.45, 2.75) is 18.4 Å². The number of pyridine rings is 1. The Labute approximate surface area is 188 Å². The molecule has 0 saturated carbocycles. The highest BCUT2D eigenvalue weighted by atomic mass is 19.3. The molecule has 2 aromatic heterocycles. The fourth-order valence-corrected chi connectivity index (χ4v) is 3.98. The zero-order chi connectivity index (χ0) is 23.6. The van der Waals surface area contributed by atoms with Crippen LogP contribution in [0.2, 0.25) is 0 Å². The van der Waals surface area contributed by atoms with Gasteiger partial charge in [0.1, 0.15) is 6.04 Å². The molecule has 1 aliphatic rings. The van der Waals surface area contributed by atoms with Crippen LogP contribution in [0.1, 0.15) is 27.9 Å². The third kappa shape index (κ3) is 4.60. The number of alkyl halides is 2. The fraction of sp³-hybridized carbons (Fsp3) is 0.250. The number of hydrogen-bond donors (Lipinski definition) is 1. The molecule has 0 aliphatic carbocycles. The molecule has 0 bridgehead atoms. The Morgan fingerprint density at radius 2 is 2.03 bits per heavy atom. The summed E-state index contributed by atoms with van der Waals surface area (Å²) in [5, 5.41) is 12.6. The van der Waals surface area contributed by atoms with E-state index in [0.717, 1.165) is 21.4 Å². The van der Waals surface area contributed by atoms with E-state index in [-0.39, 0.29) is 5.56 Å². The summed E-state index contributed by atoms with van der Waals surface area (Å²) in [5.41, 5.74) is 2.87. The molecule has 1 atom stereocenters. The quantitative estimate of drug-likeness (QED) is 0.648. The molecule has 168 valence electrons. The molecule has 1 aromatic carbocycles. The van der Waals surface area contributed by atoms with Crippen LogP contribution >= 0.6 is 0 Å². The summed E-state index contributed by atoms with van der Waals surface area (Å²) in [5.74, 6) is -4.37. The minimum atomic E-state index is -3.11. The van der Waals surface area contributed by atoms with E-state index in [2.05, 4.69) is 10.3 Å². The van der Waals surface area contributed by atoms with E-state index >= 15 is 0 Å². The van der Waals surface area contributed by atoms with E-state index in [9.17, 15) is 18.4 Å². The molecule has 9 heteroatoms. The summed E-state index contributed by atoms with van der Waals surface area (Å²) in [4.78, 5) is 30.0. The number of benzene rings is 1. The van der Waals surface area contributed by atoms with Gasteiger partial charge in [0.25, 0.3) is 11.8 Å². The van der Waals surface area contributed by atoms with Crippen molar-refractivity contribution in [3.63, 3.8) is 0 Å². The molecule has 1 N–H and O–H groups in total. The summed E-state index contributed by atoms with van der Waals surface area (Å²) in [6.45, 7) is -1.31. The van der Waals surface area contributed by atoms with E-state index in [0.29, 0.717) is 5.56 Å². The van der Waals surface area contributed by atoms with Crippen LogP contribution in [-0.2, 0) is 11.8 Å². The van der Waals surface area contributed by atoms with Crippen molar-refractivity contribution in [3.05, 3.63) is 65.6 Å². The second-order valence-corrected chi connectivity index (χ2v) is 7.92. The smallest absolute Gasteiger partial charge is 0.268 e. The average Bonchev–Trinajstić information content (AvgIpc) is 3.31. The highest BCUT2D eigenvalue weighted by Gasteiger charge is 2.47. The van der Waals surface area contributed by atoms with Crippen molar-refractivity contribution >= 4 is 34.9 Å². The molecule has 7 nitrogen and oxygen atoms in total. The molecule has 1 unspecified atom stereocenters. The van der Waals surface area contributed by atoms with Crippen molar-refractivity contribution < 1.29 is 18.4 Å². The lowest BCUT2D eigenvalue weighted by Gasteiger charge is -2.19. The standard InChI is InChI=1S/C24H21F2N5O2/c1-30-14-17(19-4-2-3-5-21(19)30)7-6-16-12-28-9-8-20(16)23(33)29-13-22(32)31-15-24(25,26)10-18(31)11-27/h2-9,12,14,18H,10,13,15H2,1H3,(H,29,33). The Bertz CT molecular complexity index is 1290. The van der Waals surface area contributed by atoms with Crippen molar-refractivity contribution in [2.75, 3.05) is 13.1 Å². The molecule has 3 heterocycles. The maximum atomic E-state index is 13.6. The first-order chi connectivity index (χ1) is 15.8. The van der Waals surface area contributed by atoms with Crippen LogP contribution in [0.5, 0.6) is 0 Å². The fourth-order valence-electron chi connectivity index (χ4n) is 3.98. The zero-order valence-corrected chi connectivity index (χ0v) is 17.8. The first kappa shape index (κ1) is 22.1. The number of nitriles is 1. The summed E-state index contributed by atoms with van der Waals surface area (Å²) in [7, 11) is 1.95. The predicted octanol–water partition coefficient (Wildman–Crippen LogP) is 3.23. The second kappa shape index (κ2) is 8.82. The third-order valence-corrected chi connectivity index (χ3v) is 5.61. The average molecular weight is 449 g/mol. The van der Waals surface area contributed by atoms with Crippen molar-refractivity contribution in [2.24, 2.45) is 7.05 Å². The molecule has 1 saturated heterocycles. The Morgan fingerprint density at radius 3 is 2.82 bits per heavy atom. The van der Waals surface area contributed by atoms with E-state index in [1.807, 2.05) is 48.2 Å². The van der Waals surface area contributed by atoms with Crippen LogP contribution in [0, 0.1) is 11.3 Å². The summed E-state index contributed by atoms with van der Waals surface area (Å²) >= 11 is 0. The number of carbonyl (C=O) groups is 2. The monoisotopic (exact) mass is 449 g/mol. The van der Waals surface area contributed by atoms with Gasteiger partial charge in [0.15, 0.2) is 0 Å². The third-order valence-electron chi connectivity index (χ3n) is 5.61. The number of nitrogens with one attached hydrogen (secondary N) is 1. The molecule has 1 fully saturated rings. The number of halogens is 2. The highest BCUT2D eigenvalue weighted by molar-refractivity contribution is 6.01. The van der Waals surface area contributed by atoms with Gasteiger partial charge >= 0.3 is 0 Å². The van der Waals surface area contributed by atoms with Crippen LogP contribution < -0.4 is 5.32 Å². The lowest BCUT2D eigenvalue weighted by atomic mass is 10.1. The largest absolute Gasteiger partial charge is 0.350 e. The lowest BCUT2D eigenvalue weighted by molar-refractivity contribution is -0.131. The topological polar surface area (TPSA) is 91.0 Å². The Kier molecular flexibility index (Phi) is 5.92. The molecule has 3 aromatic rings. The number of likely N-dealkylation sites (tertiary alicyclic amines) is 1. The predicted molar refractivity (Wildman–Crippen MR) is 119 cm³/mol. The van der Waals surface area contributed by atoms with Gasteiger partial charge in [-0.3, -0.25) is 14.6 Å². The van der Waals surface area contributed by atoms with Gasteiger partial charge < -0.3 is 14.8 Å². The first-order valence-electron chi connectivity index (χ1n) is 10.3. The van der Waals surface area contributed by atoms with Crippen LogP contribution in [-0.4, -0.2) is 51.3 Å². The SMILES string of the molecule is Cn1cc(C=Cc2cnccc2C(=O)NCC(=O)N2CC(F)(F)CC2C#N)c2ccccc21. The van der Waals surface area contributed by atoms with Gasteiger partial charge in [-0.05, 0) is 17.7 Å². The molecule has 1 aliphatic heterocycles. The van der Waals surface area contributed by atoms with E-state index in [1.54, 1.807) is 12.1 Å². The number of carbonyl (C=O) groups excluding carboxylic acids is 2. The Hall–Kier alpha value is -4.06. The van der Waals surface area contributed by atoms with Gasteiger partial charge in [-0.25, -0.2) is 8.78 Å². The van der Waals surface area contributed by atoms with Gasteiger partial charge in [0, 0.05) is 54.1 Å². The molecule has 4 rings (SSSR count). The highest BCUT2D eigenvalue weighted by Crippen LogP contribution is 2.31. The van der Waals surface area contributed by atoms with Gasteiger partial charge in [-0.15, -0.1) is 0 Å². The number of hydrogen-bond acceptors (Lipinski definition) is 4. The number of aromatic nitrogens is 2. The van der Waals surface area contributed by atoms with Crippen LogP contribution in [0.4, 0.5) is 8.78 Å². The molecule has 2 amide bonds. The van der Waals surface area contributed by atoms with Gasteiger partial charge in [0.05, 0.1) is 19.2 Å². The van der Waals surface area contributed by atoms with Gasteiger partial charge in [-0.1, -0.05) is 30.4 Å². The summed E-state index contributed by atoms with van der Waals surface area (Å²) in [6.07, 6.45) is 7.91. The van der Waals surface area contributed by atoms with E-state index in [4.69, 9.17) is 5.26 Å². The minimum absolute atomic E-state index is 0.290. The zero-order valence-electron chi connectivity index (χ0n) is 17.8. The van der Waals surface area contributed by atoms with Gasteiger partial charge in [0.2, 0.25) is 5.91 Å². The maximum Gasteiger partial charge on any atom is 0.268 e. The van der Waals surface area contributed by atoms with E-state index in [1.165, 1.54) is 18.5 Å². The minimum Gasteiger partial charge on any atom is -0.350 e. The number of amides is 2. The summed E-state index contributed by atoms with van der Waals surface area (Å²) < 4.78 is 29.2. The van der Waals surface area contributed by atoms with Crippen LogP contribution in [0.15, 0.2) is 48.9 Å². The van der Waals surface area contributed by atoms with Crippen LogP contribution in [0.25, 0.3) is 23.1 Å². The molecular formula is C24H21F2N5O2. The number of rotatable bonds is 5. The Balaban J connectivity index is 1.48. The summed E-state index contributed by atoms with van der Waals surface area (Å²) in [6, 6.07) is 9.97. The van der Waals surface area contributed by atoms with Gasteiger partial charge in [-0.2, -0.15) is 5.26 Å². The lowest BCUT2D eigenvalue weighted by Crippen LogP contribution is -2.43. The van der Waals surface area contributed by atoms with Crippen molar-refractivity contribution in [1.29, 1.82) is 5.26 Å². The molecule has 0 spiro atoms. The normalized spacial score (nSPS) is 17.4. The van der Waals surface area contributed by atoms with E-state index < -0.39 is 43.3 Å². The second-order valence-electron chi connectivity index (χ2n) is 7.92. The van der Waals surface area contributed by atoms with Crippen LogP contribution in [0.3, 0.4) is 0 Å². The molecule has 0 radical (unpaired) electrons. The number of fused-ring (bicyclic) bond motifs is 1. The number of nitrogens with zero attached hydrogens (tertiary/aromatic N) is 4. The Morgan fingerprint density at radius 1 is 1.27 bits per heavy atom. The number of aryl methyl sites for hydroxylation is 1.